The Kier molecular flexibility index (Phi) is 7.08. The summed E-state index contributed by atoms with van der Waals surface area (Å²) in [7, 11) is 1.59. The molecule has 0 aromatic heterocycles. The van der Waals surface area contributed by atoms with Crippen LogP contribution in [0.2, 0.25) is 0 Å². The van der Waals surface area contributed by atoms with Gasteiger partial charge in [0.25, 0.3) is 0 Å². The molecule has 1 amide bonds. The fraction of sp³-hybridized carbons (Fsp3) is 0.235. The molecule has 4 aromatic rings. The van der Waals surface area contributed by atoms with Gasteiger partial charge in [-0.05, 0) is 60.4 Å². The third-order valence-electron chi connectivity index (χ3n) is 7.58. The molecule has 0 bridgehead atoms. The van der Waals surface area contributed by atoms with Crippen LogP contribution in [0.4, 0.5) is 5.69 Å². The van der Waals surface area contributed by atoms with Crippen LogP contribution < -0.4 is 25.3 Å². The minimum absolute atomic E-state index is 0.200. The highest BCUT2D eigenvalue weighted by Gasteiger charge is 2.53. The summed E-state index contributed by atoms with van der Waals surface area (Å²) in [5.74, 6) is 2.02. The predicted molar refractivity (Wildman–Crippen MR) is 158 cm³/mol. The topological polar surface area (TPSA) is 109 Å². The molecule has 0 aliphatic carbocycles. The maximum atomic E-state index is 13.0. The predicted octanol–water partition coefficient (Wildman–Crippen LogP) is 6.15. The van der Waals surface area contributed by atoms with Crippen LogP contribution in [0.1, 0.15) is 52.9 Å². The highest BCUT2D eigenvalue weighted by Crippen LogP contribution is 2.57. The summed E-state index contributed by atoms with van der Waals surface area (Å²) < 4.78 is 24.1. The van der Waals surface area contributed by atoms with Crippen molar-refractivity contribution in [3.63, 3.8) is 0 Å². The van der Waals surface area contributed by atoms with Crippen molar-refractivity contribution in [2.75, 3.05) is 12.4 Å². The molecule has 8 heteroatoms. The maximum Gasteiger partial charge on any atom is 0.340 e. The molecule has 2 atom stereocenters. The average Bonchev–Trinajstić information content (AvgIpc) is 3.28. The Balaban J connectivity index is 1.24. The molecule has 8 nitrogen and oxygen atoms in total. The zero-order chi connectivity index (χ0) is 29.4. The van der Waals surface area contributed by atoms with Gasteiger partial charge in [0.05, 0.1) is 18.7 Å². The molecule has 42 heavy (non-hydrogen) atoms. The second-order valence-corrected chi connectivity index (χ2v) is 10.9. The Hall–Kier alpha value is -4.82. The highest BCUT2D eigenvalue weighted by atomic mass is 16.6. The molecule has 2 aliphatic heterocycles. The number of carbonyl (C=O) groups excluding carboxylic acids is 2. The fourth-order valence-corrected chi connectivity index (χ4v) is 5.55. The van der Waals surface area contributed by atoms with Gasteiger partial charge in [-0.2, -0.15) is 0 Å². The van der Waals surface area contributed by atoms with Crippen molar-refractivity contribution < 1.29 is 28.5 Å². The largest absolute Gasteiger partial charge is 0.497 e. The number of carbonyl (C=O) groups is 2. The number of nitrogens with two attached hydrogens (primary N) is 1. The molecule has 0 radical (unpaired) electrons. The quantitative estimate of drug-likeness (QED) is 0.247. The first-order chi connectivity index (χ1) is 20.3. The van der Waals surface area contributed by atoms with Crippen LogP contribution in [0.25, 0.3) is 0 Å². The van der Waals surface area contributed by atoms with E-state index >= 15 is 0 Å². The molecule has 3 N–H and O–H groups in total. The van der Waals surface area contributed by atoms with Gasteiger partial charge in [0.1, 0.15) is 29.6 Å². The molecule has 0 saturated carbocycles. The molecule has 0 saturated heterocycles. The van der Waals surface area contributed by atoms with Crippen LogP contribution >= 0.6 is 0 Å². The zero-order valence-corrected chi connectivity index (χ0v) is 23.7. The van der Waals surface area contributed by atoms with Crippen molar-refractivity contribution in [3.05, 3.63) is 113 Å². The molecule has 2 heterocycles. The average molecular weight is 565 g/mol. The van der Waals surface area contributed by atoms with Crippen molar-refractivity contribution in [3.8, 4) is 23.0 Å². The van der Waals surface area contributed by atoms with E-state index in [1.165, 1.54) is 0 Å². The summed E-state index contributed by atoms with van der Waals surface area (Å²) in [6.07, 6.45) is 0.622. The molecular weight excluding hydrogens is 532 g/mol. The normalized spacial score (nSPS) is 17.0. The van der Waals surface area contributed by atoms with Gasteiger partial charge in [0, 0.05) is 34.5 Å². The van der Waals surface area contributed by atoms with Crippen molar-refractivity contribution in [1.29, 1.82) is 0 Å². The third kappa shape index (κ3) is 4.84. The van der Waals surface area contributed by atoms with Crippen LogP contribution in [-0.2, 0) is 21.7 Å². The van der Waals surface area contributed by atoms with E-state index in [0.29, 0.717) is 58.8 Å². The fourth-order valence-electron chi connectivity index (χ4n) is 5.55. The molecule has 6 rings (SSSR count). The van der Waals surface area contributed by atoms with E-state index in [9.17, 15) is 9.59 Å². The number of benzene rings is 4. The van der Waals surface area contributed by atoms with Gasteiger partial charge in [-0.15, -0.1) is 0 Å². The summed E-state index contributed by atoms with van der Waals surface area (Å²) >= 11 is 0. The van der Waals surface area contributed by atoms with E-state index in [1.54, 1.807) is 25.3 Å². The SMILES string of the molecule is COc1ccc2c(c1)Oc1cc(OCc3ccc(NC(=O)[C@@H](N)CC(C)C)cc3)ccc1C21OC(=O)c2ccccc21. The Bertz CT molecular complexity index is 1670. The van der Waals surface area contributed by atoms with Gasteiger partial charge >= 0.3 is 5.97 Å². The Labute approximate surface area is 244 Å². The lowest BCUT2D eigenvalue weighted by molar-refractivity contribution is -0.117. The lowest BCUT2D eigenvalue weighted by Gasteiger charge is -2.36. The van der Waals surface area contributed by atoms with E-state index in [0.717, 1.165) is 16.7 Å². The Morgan fingerprint density at radius 2 is 1.57 bits per heavy atom. The zero-order valence-electron chi connectivity index (χ0n) is 23.7. The molecular formula is C34H32N2O6. The summed E-state index contributed by atoms with van der Waals surface area (Å²) in [6.45, 7) is 4.37. The number of fused-ring (bicyclic) bond motifs is 6. The monoisotopic (exact) mass is 564 g/mol. The van der Waals surface area contributed by atoms with Crippen LogP contribution in [0.5, 0.6) is 23.0 Å². The van der Waals surface area contributed by atoms with Gasteiger partial charge in [-0.3, -0.25) is 4.79 Å². The smallest absolute Gasteiger partial charge is 0.340 e. The number of anilines is 1. The molecule has 1 spiro atoms. The van der Waals surface area contributed by atoms with Crippen molar-refractivity contribution in [2.24, 2.45) is 11.7 Å². The van der Waals surface area contributed by atoms with Gasteiger partial charge in [-0.25, -0.2) is 4.79 Å². The number of rotatable bonds is 8. The van der Waals surface area contributed by atoms with E-state index in [1.807, 2.05) is 80.6 Å². The first-order valence-electron chi connectivity index (χ1n) is 13.9. The Morgan fingerprint density at radius 1 is 0.905 bits per heavy atom. The second kappa shape index (κ2) is 10.9. The molecule has 2 aliphatic rings. The van der Waals surface area contributed by atoms with Crippen molar-refractivity contribution in [2.45, 2.75) is 38.5 Å². The summed E-state index contributed by atoms with van der Waals surface area (Å²) in [5, 5.41) is 2.87. The van der Waals surface area contributed by atoms with Gasteiger partial charge in [-0.1, -0.05) is 44.2 Å². The van der Waals surface area contributed by atoms with Gasteiger partial charge in [0.15, 0.2) is 5.60 Å². The molecule has 214 valence electrons. The Morgan fingerprint density at radius 3 is 2.26 bits per heavy atom. The van der Waals surface area contributed by atoms with Gasteiger partial charge < -0.3 is 30.0 Å². The second-order valence-electron chi connectivity index (χ2n) is 10.9. The number of nitrogens with one attached hydrogen (secondary N) is 1. The number of hydrogen-bond donors (Lipinski definition) is 2. The summed E-state index contributed by atoms with van der Waals surface area (Å²) in [6, 6.07) is 25.3. The molecule has 1 unspecified atom stereocenters. The number of methoxy groups -OCH3 is 1. The van der Waals surface area contributed by atoms with E-state index in [2.05, 4.69) is 5.32 Å². The minimum Gasteiger partial charge on any atom is -0.497 e. The number of hydrogen-bond acceptors (Lipinski definition) is 7. The third-order valence-corrected chi connectivity index (χ3v) is 7.58. The summed E-state index contributed by atoms with van der Waals surface area (Å²) in [4.78, 5) is 25.4. The summed E-state index contributed by atoms with van der Waals surface area (Å²) in [5.41, 5.74) is 9.15. The maximum absolute atomic E-state index is 13.0. The van der Waals surface area contributed by atoms with Crippen molar-refractivity contribution >= 4 is 17.6 Å². The van der Waals surface area contributed by atoms with Crippen LogP contribution in [0.3, 0.4) is 0 Å². The van der Waals surface area contributed by atoms with E-state index in [-0.39, 0.29) is 11.9 Å². The van der Waals surface area contributed by atoms with Crippen LogP contribution in [0, 0.1) is 5.92 Å². The van der Waals surface area contributed by atoms with Crippen molar-refractivity contribution in [1.82, 2.24) is 0 Å². The lowest BCUT2D eigenvalue weighted by atomic mass is 9.77. The standard InChI is InChI=1S/C34H32N2O6/c1-20(2)16-29(35)32(37)36-22-10-8-21(9-11-22)19-40-24-13-15-28-31(18-24)41-30-17-23(39-3)12-14-27(30)34(28)26-7-5-4-6-25(26)33(38)42-34/h4-15,17-18,20,29H,16,19,35H2,1-3H3,(H,36,37)/t29-,34?/m0/s1. The minimum atomic E-state index is -1.15. The highest BCUT2D eigenvalue weighted by molar-refractivity contribution is 5.97. The lowest BCUT2D eigenvalue weighted by Crippen LogP contribution is -2.36. The number of esters is 1. The van der Waals surface area contributed by atoms with E-state index < -0.39 is 11.6 Å². The molecule has 4 aromatic carbocycles. The molecule has 0 fully saturated rings. The van der Waals surface area contributed by atoms with Crippen LogP contribution in [-0.4, -0.2) is 25.0 Å². The van der Waals surface area contributed by atoms with E-state index in [4.69, 9.17) is 24.7 Å². The first kappa shape index (κ1) is 27.4. The number of ether oxygens (including phenoxy) is 4. The van der Waals surface area contributed by atoms with Gasteiger partial charge in [0.2, 0.25) is 5.91 Å². The first-order valence-corrected chi connectivity index (χ1v) is 13.9. The van der Waals surface area contributed by atoms with Crippen LogP contribution in [0.15, 0.2) is 84.9 Å². The number of amides is 1.